The molecule has 0 aliphatic carbocycles. The van der Waals surface area contributed by atoms with Gasteiger partial charge in [-0.15, -0.1) is 0 Å². The molecule has 2 saturated heterocycles. The Morgan fingerprint density at radius 1 is 1.15 bits per heavy atom. The standard InChI is InChI=1S/C12H20F3N3O2/c13-12(14,15)9-17-3-5-18(6-4-17)10(19)11(16)1-7-20-8-2-11/h1-9,16H2. The zero-order valence-electron chi connectivity index (χ0n) is 11.3. The van der Waals surface area contributed by atoms with E-state index in [9.17, 15) is 18.0 Å². The Morgan fingerprint density at radius 2 is 1.70 bits per heavy atom. The second kappa shape index (κ2) is 5.87. The van der Waals surface area contributed by atoms with Crippen LogP contribution in [0.4, 0.5) is 13.2 Å². The largest absolute Gasteiger partial charge is 0.401 e. The Labute approximate surface area is 115 Å². The maximum Gasteiger partial charge on any atom is 0.401 e. The van der Waals surface area contributed by atoms with Gasteiger partial charge in [0.2, 0.25) is 5.91 Å². The molecule has 0 aromatic rings. The van der Waals surface area contributed by atoms with Gasteiger partial charge in [-0.1, -0.05) is 0 Å². The lowest BCUT2D eigenvalue weighted by Crippen LogP contribution is -2.61. The third kappa shape index (κ3) is 3.83. The molecule has 0 atom stereocenters. The van der Waals surface area contributed by atoms with Gasteiger partial charge in [-0.25, -0.2) is 0 Å². The van der Waals surface area contributed by atoms with Crippen LogP contribution in [0.25, 0.3) is 0 Å². The van der Waals surface area contributed by atoms with E-state index in [4.69, 9.17) is 10.5 Å². The Bertz CT molecular complexity index is 348. The average Bonchev–Trinajstić information content (AvgIpc) is 2.38. The molecule has 2 aliphatic rings. The second-order valence-electron chi connectivity index (χ2n) is 5.45. The first-order chi connectivity index (χ1) is 9.30. The van der Waals surface area contributed by atoms with E-state index in [0.29, 0.717) is 39.1 Å². The number of nitrogens with two attached hydrogens (primary N) is 1. The third-order valence-corrected chi connectivity index (χ3v) is 3.87. The van der Waals surface area contributed by atoms with Gasteiger partial charge in [0.25, 0.3) is 0 Å². The Balaban J connectivity index is 1.85. The normalized spacial score (nSPS) is 24.7. The maximum atomic E-state index is 12.4. The highest BCUT2D eigenvalue weighted by Gasteiger charge is 2.40. The number of hydrogen-bond acceptors (Lipinski definition) is 4. The van der Waals surface area contributed by atoms with Crippen molar-refractivity contribution in [1.82, 2.24) is 9.80 Å². The summed E-state index contributed by atoms with van der Waals surface area (Å²) in [4.78, 5) is 15.3. The smallest absolute Gasteiger partial charge is 0.381 e. The molecule has 0 aromatic heterocycles. The lowest BCUT2D eigenvalue weighted by molar-refractivity contribution is -0.154. The molecule has 2 heterocycles. The van der Waals surface area contributed by atoms with Gasteiger partial charge in [-0.2, -0.15) is 13.2 Å². The second-order valence-corrected chi connectivity index (χ2v) is 5.45. The van der Waals surface area contributed by atoms with Crippen LogP contribution in [0.3, 0.4) is 0 Å². The molecule has 116 valence electrons. The van der Waals surface area contributed by atoms with E-state index in [1.165, 1.54) is 4.90 Å². The average molecular weight is 295 g/mol. The van der Waals surface area contributed by atoms with E-state index in [0.717, 1.165) is 0 Å². The molecular formula is C12H20F3N3O2. The number of nitrogens with zero attached hydrogens (tertiary/aromatic N) is 2. The van der Waals surface area contributed by atoms with Crippen LogP contribution in [0, 0.1) is 0 Å². The van der Waals surface area contributed by atoms with Gasteiger partial charge in [0, 0.05) is 39.4 Å². The summed E-state index contributed by atoms with van der Waals surface area (Å²) < 4.78 is 42.1. The van der Waals surface area contributed by atoms with Crippen LogP contribution in [0.15, 0.2) is 0 Å². The van der Waals surface area contributed by atoms with Crippen LogP contribution < -0.4 is 5.73 Å². The molecule has 0 unspecified atom stereocenters. The van der Waals surface area contributed by atoms with Crippen LogP contribution in [0.1, 0.15) is 12.8 Å². The van der Waals surface area contributed by atoms with Crippen molar-refractivity contribution in [2.45, 2.75) is 24.6 Å². The molecular weight excluding hydrogens is 275 g/mol. The predicted octanol–water partition coefficient (Wildman–Crippen LogP) is 0.201. The summed E-state index contributed by atoms with van der Waals surface area (Å²) in [6.07, 6.45) is -3.26. The summed E-state index contributed by atoms with van der Waals surface area (Å²) in [6.45, 7) is 1.06. The number of rotatable bonds is 2. The molecule has 0 radical (unpaired) electrons. The molecule has 0 spiro atoms. The zero-order valence-corrected chi connectivity index (χ0v) is 11.3. The van der Waals surface area contributed by atoms with Crippen LogP contribution in [0.2, 0.25) is 0 Å². The van der Waals surface area contributed by atoms with Crippen molar-refractivity contribution in [3.63, 3.8) is 0 Å². The first-order valence-corrected chi connectivity index (χ1v) is 6.75. The van der Waals surface area contributed by atoms with E-state index in [-0.39, 0.29) is 19.0 Å². The van der Waals surface area contributed by atoms with Crippen molar-refractivity contribution in [3.8, 4) is 0 Å². The minimum Gasteiger partial charge on any atom is -0.381 e. The highest BCUT2D eigenvalue weighted by molar-refractivity contribution is 5.86. The summed E-state index contributed by atoms with van der Waals surface area (Å²) in [5.41, 5.74) is 5.19. The quantitative estimate of drug-likeness (QED) is 0.791. The lowest BCUT2D eigenvalue weighted by atomic mass is 9.89. The number of halogens is 3. The summed E-state index contributed by atoms with van der Waals surface area (Å²) in [5.74, 6) is -0.160. The van der Waals surface area contributed by atoms with Gasteiger partial charge in [-0.3, -0.25) is 9.69 Å². The Morgan fingerprint density at radius 3 is 2.20 bits per heavy atom. The highest BCUT2D eigenvalue weighted by Crippen LogP contribution is 2.22. The van der Waals surface area contributed by atoms with Crippen molar-refractivity contribution >= 4 is 5.91 Å². The molecule has 2 aliphatic heterocycles. The summed E-state index contributed by atoms with van der Waals surface area (Å²) in [5, 5.41) is 0. The topological polar surface area (TPSA) is 58.8 Å². The lowest BCUT2D eigenvalue weighted by Gasteiger charge is -2.41. The van der Waals surface area contributed by atoms with Gasteiger partial charge >= 0.3 is 6.18 Å². The first-order valence-electron chi connectivity index (χ1n) is 6.75. The minimum atomic E-state index is -4.19. The fourth-order valence-corrected chi connectivity index (χ4v) is 2.63. The Hall–Kier alpha value is -0.860. The van der Waals surface area contributed by atoms with Crippen molar-refractivity contribution in [1.29, 1.82) is 0 Å². The van der Waals surface area contributed by atoms with Crippen LogP contribution in [-0.4, -0.2) is 73.4 Å². The van der Waals surface area contributed by atoms with Gasteiger partial charge < -0.3 is 15.4 Å². The van der Waals surface area contributed by atoms with Gasteiger partial charge in [0.05, 0.1) is 12.1 Å². The van der Waals surface area contributed by atoms with Crippen LogP contribution in [0.5, 0.6) is 0 Å². The van der Waals surface area contributed by atoms with Gasteiger partial charge in [0.15, 0.2) is 0 Å². The molecule has 2 N–H and O–H groups in total. The number of carbonyl (C=O) groups is 1. The van der Waals surface area contributed by atoms with Gasteiger partial charge in [-0.05, 0) is 12.8 Å². The monoisotopic (exact) mass is 295 g/mol. The van der Waals surface area contributed by atoms with Crippen molar-refractivity contribution in [3.05, 3.63) is 0 Å². The van der Waals surface area contributed by atoms with Crippen LogP contribution >= 0.6 is 0 Å². The molecule has 0 aromatic carbocycles. The van der Waals surface area contributed by atoms with E-state index in [1.807, 2.05) is 0 Å². The number of hydrogen-bond donors (Lipinski definition) is 1. The number of ether oxygens (including phenoxy) is 1. The van der Waals surface area contributed by atoms with E-state index in [2.05, 4.69) is 0 Å². The number of carbonyl (C=O) groups excluding carboxylic acids is 1. The van der Waals surface area contributed by atoms with Crippen molar-refractivity contribution < 1.29 is 22.7 Å². The third-order valence-electron chi connectivity index (χ3n) is 3.87. The fourth-order valence-electron chi connectivity index (χ4n) is 2.63. The summed E-state index contributed by atoms with van der Waals surface area (Å²) >= 11 is 0. The summed E-state index contributed by atoms with van der Waals surface area (Å²) in [6, 6.07) is 0. The zero-order chi connectivity index (χ0) is 14.8. The molecule has 0 saturated carbocycles. The number of piperazine rings is 1. The van der Waals surface area contributed by atoms with E-state index < -0.39 is 18.3 Å². The highest BCUT2D eigenvalue weighted by atomic mass is 19.4. The van der Waals surface area contributed by atoms with E-state index in [1.54, 1.807) is 4.90 Å². The molecule has 0 bridgehead atoms. The Kier molecular flexibility index (Phi) is 4.55. The fraction of sp³-hybridized carbons (Fsp3) is 0.917. The SMILES string of the molecule is NC1(C(=O)N2CCN(CC(F)(F)F)CC2)CCOCC1. The molecule has 5 nitrogen and oxygen atoms in total. The first kappa shape index (κ1) is 15.5. The minimum absolute atomic E-state index is 0.160. The molecule has 2 rings (SSSR count). The molecule has 1 amide bonds. The van der Waals surface area contributed by atoms with Crippen molar-refractivity contribution in [2.24, 2.45) is 5.73 Å². The molecule has 8 heteroatoms. The van der Waals surface area contributed by atoms with Crippen LogP contribution in [-0.2, 0) is 9.53 Å². The molecule has 20 heavy (non-hydrogen) atoms. The van der Waals surface area contributed by atoms with Gasteiger partial charge in [0.1, 0.15) is 0 Å². The number of amides is 1. The molecule has 2 fully saturated rings. The predicted molar refractivity (Wildman–Crippen MR) is 66.0 cm³/mol. The number of alkyl halides is 3. The van der Waals surface area contributed by atoms with E-state index >= 15 is 0 Å². The van der Waals surface area contributed by atoms with Crippen molar-refractivity contribution in [2.75, 3.05) is 45.9 Å². The maximum absolute atomic E-state index is 12.4. The summed E-state index contributed by atoms with van der Waals surface area (Å²) in [7, 11) is 0.